The van der Waals surface area contributed by atoms with Crippen molar-refractivity contribution in [2.24, 2.45) is 24.9 Å². The van der Waals surface area contributed by atoms with Crippen molar-refractivity contribution < 1.29 is 10.2 Å². The summed E-state index contributed by atoms with van der Waals surface area (Å²) in [7, 11) is 5.52. The van der Waals surface area contributed by atoms with Gasteiger partial charge in [-0.25, -0.2) is 19.9 Å². The van der Waals surface area contributed by atoms with E-state index in [9.17, 15) is 29.4 Å². The molecular weight excluding hydrogens is 1300 g/mol. The molecule has 2 saturated heterocycles. The van der Waals surface area contributed by atoms with E-state index < -0.39 is 0 Å². The van der Waals surface area contributed by atoms with Gasteiger partial charge in [0.25, 0.3) is 22.2 Å². The number of pyridine rings is 6. The normalized spacial score (nSPS) is 18.4. The highest BCUT2D eigenvalue weighted by Crippen LogP contribution is 2.40. The zero-order chi connectivity index (χ0) is 65.5. The highest BCUT2D eigenvalue weighted by Gasteiger charge is 2.34. The quantitative estimate of drug-likeness (QED) is 0.0773. The van der Waals surface area contributed by atoms with Crippen LogP contribution in [-0.2, 0) is 53.0 Å². The molecule has 0 aromatic carbocycles. The summed E-state index contributed by atoms with van der Waals surface area (Å²) in [5, 5.41) is 31.1. The molecule has 0 bridgehead atoms. The molecule has 0 saturated carbocycles. The van der Waals surface area contributed by atoms with E-state index >= 15 is 0 Å². The molecule has 2 aliphatic carbocycles. The van der Waals surface area contributed by atoms with Gasteiger partial charge in [-0.3, -0.25) is 28.3 Å². The molecule has 0 spiro atoms. The van der Waals surface area contributed by atoms with Crippen molar-refractivity contribution >= 4 is 99.4 Å². The molecule has 4 atom stereocenters. The third kappa shape index (κ3) is 13.9. The van der Waals surface area contributed by atoms with Crippen LogP contribution in [0.1, 0.15) is 89.0 Å². The Morgan fingerprint density at radius 2 is 0.918 bits per heavy atom. The molecule has 2 fully saturated rings. The van der Waals surface area contributed by atoms with Crippen molar-refractivity contribution in [2.75, 3.05) is 53.7 Å². The molecule has 2 aliphatic heterocycles. The standard InChI is InChI=1S/C36H42N8O3.C35H40N8O3.4H2S/c1-22-18-40(5)19-23(2)44(22)26-7-8-32(38-17-26)39-29-13-25(20-41(6)34(29)46)27-9-10-37-33(28(27)21-45)43-12-11-42-30(35(43)47)14-24-15-36(3,4)16-31(24)42;1-21-16-36-17-22(2)43(21)25-6-7-31(38-18-25)39-28-12-24(19-40(5)33(28)45)26-8-9-37-32(27(26)20-44)42-11-10-41-29(34(42)46)13-23-14-35(3,4)15-30(23)41;;;;/h7-14,17,20,22-23,45H,15-16,18-19,21H2,1-6H3,(H,38,39);6-13,18-19,21-22,36,44H,14-17,20H2,1-5H3,(H,38,39);4*1H2/t22-,23-;21-,22-;;;;/m00..../s1. The third-order valence-electron chi connectivity index (χ3n) is 19.1. The van der Waals surface area contributed by atoms with E-state index in [1.165, 1.54) is 40.8 Å². The second-order valence-corrected chi connectivity index (χ2v) is 27.6. The Kier molecular flexibility index (Phi) is 21.7. The van der Waals surface area contributed by atoms with Crippen LogP contribution in [0.15, 0.2) is 142 Å². The lowest BCUT2D eigenvalue weighted by atomic mass is 9.90. The fourth-order valence-corrected chi connectivity index (χ4v) is 15.0. The van der Waals surface area contributed by atoms with E-state index in [1.807, 2.05) is 70.0 Å². The first-order chi connectivity index (χ1) is 44.5. The second-order valence-electron chi connectivity index (χ2n) is 27.6. The number of aryl methyl sites for hydroxylation is 2. The monoisotopic (exact) mass is 1390 g/mol. The minimum atomic E-state index is -0.348. The number of rotatable bonds is 12. The molecule has 97 heavy (non-hydrogen) atoms. The number of likely N-dealkylation sites (N-methyl/N-ethyl adjacent to an activating group) is 1. The van der Waals surface area contributed by atoms with Gasteiger partial charge in [0.15, 0.2) is 0 Å². The van der Waals surface area contributed by atoms with E-state index in [2.05, 4.69) is 113 Å². The first-order valence-electron chi connectivity index (χ1n) is 32.0. The summed E-state index contributed by atoms with van der Waals surface area (Å²) >= 11 is 0. The van der Waals surface area contributed by atoms with Crippen LogP contribution >= 0.6 is 54.0 Å². The second kappa shape index (κ2) is 28.8. The smallest absolute Gasteiger partial charge is 0.280 e. The topological polar surface area (TPSA) is 235 Å². The van der Waals surface area contributed by atoms with Crippen LogP contribution < -0.4 is 48.0 Å². The summed E-state index contributed by atoms with van der Waals surface area (Å²) in [6.07, 6.45) is 21.3. The van der Waals surface area contributed by atoms with Crippen molar-refractivity contribution in [3.05, 3.63) is 198 Å². The minimum absolute atomic E-state index is 0. The zero-order valence-electron chi connectivity index (χ0n) is 56.8. The number of aromatic nitrogens is 10. The molecule has 0 amide bonds. The zero-order valence-corrected chi connectivity index (χ0v) is 60.8. The number of hydrogen-bond acceptors (Lipinski definition) is 16. The minimum Gasteiger partial charge on any atom is -0.392 e. The number of piperazine rings is 2. The van der Waals surface area contributed by atoms with E-state index in [4.69, 9.17) is 0 Å². The van der Waals surface area contributed by atoms with Crippen LogP contribution in [-0.4, -0.2) is 120 Å². The molecular formula is C71H90N16O6S4. The highest BCUT2D eigenvalue weighted by molar-refractivity contribution is 7.59. The lowest BCUT2D eigenvalue weighted by molar-refractivity contribution is 0.240. The lowest BCUT2D eigenvalue weighted by Crippen LogP contribution is -2.55. The summed E-state index contributed by atoms with van der Waals surface area (Å²) in [6, 6.07) is 20.3. The van der Waals surface area contributed by atoms with Gasteiger partial charge in [0.1, 0.15) is 45.7 Å². The van der Waals surface area contributed by atoms with Crippen LogP contribution in [0.3, 0.4) is 0 Å². The molecule has 22 nitrogen and oxygen atoms in total. The molecule has 10 aromatic rings. The molecule has 0 unspecified atom stereocenters. The maximum atomic E-state index is 13.8. The summed E-state index contributed by atoms with van der Waals surface area (Å²) in [4.78, 5) is 79.5. The van der Waals surface area contributed by atoms with Crippen molar-refractivity contribution in [3.8, 4) is 33.9 Å². The Morgan fingerprint density at radius 1 is 0.515 bits per heavy atom. The van der Waals surface area contributed by atoms with Crippen LogP contribution in [0, 0.1) is 10.8 Å². The fraction of sp³-hybridized carbons (Fsp3) is 0.380. The highest BCUT2D eigenvalue weighted by atomic mass is 32.1. The van der Waals surface area contributed by atoms with Gasteiger partial charge in [-0.2, -0.15) is 54.0 Å². The van der Waals surface area contributed by atoms with Crippen LogP contribution in [0.5, 0.6) is 0 Å². The van der Waals surface area contributed by atoms with Gasteiger partial charge >= 0.3 is 0 Å². The average Bonchev–Trinajstić information content (AvgIpc) is 1.65. The van der Waals surface area contributed by atoms with Gasteiger partial charge < -0.3 is 58.8 Å². The largest absolute Gasteiger partial charge is 0.392 e. The van der Waals surface area contributed by atoms with Gasteiger partial charge in [-0.05, 0) is 154 Å². The lowest BCUT2D eigenvalue weighted by Gasteiger charge is -2.44. The van der Waals surface area contributed by atoms with E-state index in [1.54, 1.807) is 75.5 Å². The molecule has 0 radical (unpaired) electrons. The maximum Gasteiger partial charge on any atom is 0.280 e. The predicted molar refractivity (Wildman–Crippen MR) is 407 cm³/mol. The average molecular weight is 1390 g/mol. The third-order valence-corrected chi connectivity index (χ3v) is 19.1. The number of fused-ring (bicyclic) bond motifs is 6. The number of anilines is 6. The van der Waals surface area contributed by atoms with Crippen molar-refractivity contribution in [1.82, 2.24) is 57.2 Å². The van der Waals surface area contributed by atoms with Gasteiger partial charge in [0, 0.05) is 148 Å². The summed E-state index contributed by atoms with van der Waals surface area (Å²) in [5.74, 6) is 1.81. The van der Waals surface area contributed by atoms with Gasteiger partial charge in [-0.1, -0.05) is 27.7 Å². The van der Waals surface area contributed by atoms with Gasteiger partial charge in [0.2, 0.25) is 0 Å². The van der Waals surface area contributed by atoms with E-state index in [-0.39, 0.29) is 100 Å². The number of nitrogens with one attached hydrogen (secondary N) is 3. The molecule has 12 heterocycles. The Balaban J connectivity index is 0.000000218. The van der Waals surface area contributed by atoms with E-state index in [0.29, 0.717) is 103 Å². The Hall–Kier alpha value is -8.08. The maximum absolute atomic E-state index is 13.8. The van der Waals surface area contributed by atoms with Crippen LogP contribution in [0.4, 0.5) is 34.4 Å². The van der Waals surface area contributed by atoms with Gasteiger partial charge in [-0.15, -0.1) is 0 Å². The summed E-state index contributed by atoms with van der Waals surface area (Å²) < 4.78 is 9.98. The van der Waals surface area contributed by atoms with E-state index in [0.717, 1.165) is 63.2 Å². The predicted octanol–water partition coefficient (Wildman–Crippen LogP) is 8.38. The molecule has 4 aliphatic rings. The first-order valence-corrected chi connectivity index (χ1v) is 32.0. The number of hydrogen-bond donors (Lipinski definition) is 5. The number of nitrogens with zero attached hydrogens (tertiary/aromatic N) is 13. The van der Waals surface area contributed by atoms with Crippen molar-refractivity contribution in [2.45, 2.75) is 118 Å². The molecule has 514 valence electrons. The van der Waals surface area contributed by atoms with Crippen LogP contribution in [0.2, 0.25) is 0 Å². The molecule has 10 aromatic heterocycles. The molecule has 26 heteroatoms. The Bertz CT molecular complexity index is 4790. The Labute approximate surface area is 591 Å². The fourth-order valence-electron chi connectivity index (χ4n) is 15.0. The van der Waals surface area contributed by atoms with Gasteiger partial charge in [0.05, 0.1) is 37.0 Å². The first kappa shape index (κ1) is 73.2. The van der Waals surface area contributed by atoms with Crippen molar-refractivity contribution in [1.29, 1.82) is 0 Å². The molecule has 14 rings (SSSR count). The summed E-state index contributed by atoms with van der Waals surface area (Å²) in [5.41, 5.74) is 11.9. The molecule has 5 N–H and O–H groups in total. The Morgan fingerprint density at radius 3 is 1.30 bits per heavy atom. The summed E-state index contributed by atoms with van der Waals surface area (Å²) in [6.45, 7) is 20.9. The van der Waals surface area contributed by atoms with Crippen molar-refractivity contribution in [3.63, 3.8) is 0 Å². The van der Waals surface area contributed by atoms with Crippen LogP contribution in [0.25, 0.3) is 44.9 Å². The number of aliphatic hydroxyl groups excluding tert-OH is 2. The SMILES string of the molecule is C[C@H]1CN(C)C[C@H](C)N1c1ccc(Nc2cc(-c3ccnc(-n4ccn5c6c(cc5c4=O)CC(C)(C)C6)c3CO)cn(C)c2=O)nc1.C[C@H]1CNC[C@H](C)N1c1ccc(Nc2cc(-c3ccnc(-n4ccn5c6c(cc5c4=O)CC(C)(C)C6)c3CO)cn(C)c2=O)nc1.S.S.S.S. The number of aliphatic hydroxyl groups is 2.